The van der Waals surface area contributed by atoms with Crippen molar-refractivity contribution in [3.63, 3.8) is 0 Å². The van der Waals surface area contributed by atoms with E-state index in [9.17, 15) is 68.0 Å². The maximum atomic E-state index is 11.8. The third-order valence-electron chi connectivity index (χ3n) is 5.97. The zero-order chi connectivity index (χ0) is 33.0. The van der Waals surface area contributed by atoms with E-state index in [4.69, 9.17) is 14.9 Å². The van der Waals surface area contributed by atoms with Gasteiger partial charge in [-0.05, 0) is 0 Å². The van der Waals surface area contributed by atoms with Crippen molar-refractivity contribution in [1.82, 2.24) is 19.1 Å². The van der Waals surface area contributed by atoms with Crippen molar-refractivity contribution in [3.8, 4) is 0 Å². The SMILES string of the molecule is N=c1c2ncn([C@@H]3O[C@H](COP(=O)([O-])OP(=O)([O-])OP(=O)([O-])[O-])[C@@H](O)[C@H]3O)c2ncn1[C@@H]1O[C@H](COP(=O)([O-])[O-])[C@@H](O)[C@H]1O. The number of fused-ring (bicyclic) bond motifs is 1. The normalized spacial score (nSPS) is 32.6. The molecule has 4 heterocycles. The Hall–Kier alpha value is -1.37. The van der Waals surface area contributed by atoms with E-state index in [0.29, 0.717) is 0 Å². The Kier molecular flexibility index (Phi) is 10.2. The van der Waals surface area contributed by atoms with Crippen molar-refractivity contribution >= 4 is 42.5 Å². The number of nitrogens with one attached hydrogen (secondary N) is 1. The number of hydrogen-bond acceptors (Lipinski definition) is 23. The smallest absolute Gasteiger partial charge is 0.278 e. The van der Waals surface area contributed by atoms with Crippen molar-refractivity contribution < 1.29 is 95.2 Å². The highest BCUT2D eigenvalue weighted by molar-refractivity contribution is 7.64. The van der Waals surface area contributed by atoms with Gasteiger partial charge in [0.05, 0.1) is 35.2 Å². The highest BCUT2D eigenvalue weighted by Gasteiger charge is 2.46. The number of rotatable bonds is 12. The number of aromatic nitrogens is 4. The van der Waals surface area contributed by atoms with E-state index >= 15 is 0 Å². The number of aliphatic hydroxyl groups excluding tert-OH is 4. The molecule has 10 atom stereocenters. The molecule has 2 aromatic rings. The number of ether oxygens (including phenoxy) is 2. The van der Waals surface area contributed by atoms with Gasteiger partial charge in [0.15, 0.2) is 29.1 Å². The first-order valence-corrected chi connectivity index (χ1v) is 17.3. The predicted molar refractivity (Wildman–Crippen MR) is 118 cm³/mol. The Balaban J connectivity index is 1.48. The Labute approximate surface area is 243 Å². The second-order valence-corrected chi connectivity index (χ2v) is 14.4. The van der Waals surface area contributed by atoms with Gasteiger partial charge >= 0.3 is 0 Å². The molecule has 2 aliphatic heterocycles. The zero-order valence-electron chi connectivity index (χ0n) is 21.1. The van der Waals surface area contributed by atoms with Gasteiger partial charge in [-0.15, -0.1) is 0 Å². The molecule has 0 amide bonds. The van der Waals surface area contributed by atoms with Crippen LogP contribution in [0.2, 0.25) is 0 Å². The molecule has 2 saturated heterocycles. The second-order valence-electron chi connectivity index (χ2n) is 8.96. The summed E-state index contributed by atoms with van der Waals surface area (Å²) in [6.45, 7) is -2.16. The minimum atomic E-state index is -6.25. The fraction of sp³-hybridized carbons (Fsp3) is 0.667. The molecular formula is C15H19N5O20P4-6. The van der Waals surface area contributed by atoms with Gasteiger partial charge in [0.2, 0.25) is 0 Å². The van der Waals surface area contributed by atoms with Crippen LogP contribution < -0.4 is 34.8 Å². The average molecular weight is 713 g/mol. The summed E-state index contributed by atoms with van der Waals surface area (Å²) >= 11 is 0. The molecule has 29 heteroatoms. The molecule has 0 spiro atoms. The van der Waals surface area contributed by atoms with E-state index in [-0.39, 0.29) is 11.2 Å². The first-order chi connectivity index (χ1) is 20.1. The highest BCUT2D eigenvalue weighted by atomic mass is 31.3. The summed E-state index contributed by atoms with van der Waals surface area (Å²) in [6, 6.07) is 0. The molecule has 4 rings (SSSR count). The van der Waals surface area contributed by atoms with Gasteiger partial charge in [0, 0.05) is 0 Å². The van der Waals surface area contributed by atoms with Crippen LogP contribution in [0, 0.1) is 5.41 Å². The molecule has 2 aliphatic rings. The van der Waals surface area contributed by atoms with Crippen molar-refractivity contribution in [2.45, 2.75) is 49.1 Å². The molecule has 250 valence electrons. The van der Waals surface area contributed by atoms with Crippen LogP contribution in [0.5, 0.6) is 0 Å². The lowest BCUT2D eigenvalue weighted by Crippen LogP contribution is -2.36. The number of phosphoric ester groups is 2. The van der Waals surface area contributed by atoms with Gasteiger partial charge in [-0.25, -0.2) is 14.3 Å². The topological polar surface area (TPSA) is 402 Å². The fourth-order valence-corrected chi connectivity index (χ4v) is 7.33. The average Bonchev–Trinajstić information content (AvgIpc) is 3.50. The maximum Gasteiger partial charge on any atom is 0.278 e. The fourth-order valence-electron chi connectivity index (χ4n) is 4.13. The molecule has 25 nitrogen and oxygen atoms in total. The Bertz CT molecular complexity index is 1620. The van der Waals surface area contributed by atoms with Crippen LogP contribution >= 0.6 is 31.3 Å². The first-order valence-electron chi connectivity index (χ1n) is 11.5. The van der Waals surface area contributed by atoms with Crippen LogP contribution in [0.25, 0.3) is 11.2 Å². The van der Waals surface area contributed by atoms with Gasteiger partial charge in [-0.2, -0.15) is 0 Å². The molecule has 5 N–H and O–H groups in total. The maximum absolute atomic E-state index is 11.8. The lowest BCUT2D eigenvalue weighted by molar-refractivity contribution is -0.344. The van der Waals surface area contributed by atoms with Gasteiger partial charge in [0.25, 0.3) is 15.6 Å². The molecule has 2 aromatic heterocycles. The number of imidazole rings is 1. The summed E-state index contributed by atoms with van der Waals surface area (Å²) in [5, 5.41) is 49.8. The third kappa shape index (κ3) is 8.12. The molecule has 0 saturated carbocycles. The molecule has 2 unspecified atom stereocenters. The predicted octanol–water partition coefficient (Wildman–Crippen LogP) is -7.39. The van der Waals surface area contributed by atoms with Gasteiger partial charge in [0.1, 0.15) is 43.0 Å². The van der Waals surface area contributed by atoms with Crippen molar-refractivity contribution in [1.29, 1.82) is 5.41 Å². The quantitative estimate of drug-likeness (QED) is 0.127. The summed E-state index contributed by atoms with van der Waals surface area (Å²) in [6.07, 6.45) is -11.8. The standard InChI is InChI=1S/C15H25N5O20P4/c16-12-7-13(18-4-19(12)14-10(23)8(21)5(37-14)1-35-41(25,26)27)20(3-17-7)15-11(24)9(22)6(38-15)2-36-43(31,32)40-44(33,34)39-42(28,29)30/h3-6,8-11,14-16,21-24H,1-2H2,(H,31,32)(H,33,34)(H2,25,26,27)(H2,28,29,30)/p-6/t5-,6-,8-,9-,10-,11-,14-,15-/m1/s1. The van der Waals surface area contributed by atoms with Crippen LogP contribution in [0.4, 0.5) is 0 Å². The summed E-state index contributed by atoms with van der Waals surface area (Å²) in [5.74, 6) is 0. The minimum Gasteiger partial charge on any atom is -0.790 e. The van der Waals surface area contributed by atoms with Gasteiger partial charge in [-0.1, -0.05) is 0 Å². The van der Waals surface area contributed by atoms with Crippen molar-refractivity contribution in [2.75, 3.05) is 13.2 Å². The Morgan fingerprint density at radius 2 is 1.23 bits per heavy atom. The second kappa shape index (κ2) is 12.7. The minimum absolute atomic E-state index is 0.197. The number of phosphoric acid groups is 4. The van der Waals surface area contributed by atoms with Crippen LogP contribution in [-0.4, -0.2) is 89.4 Å². The zero-order valence-corrected chi connectivity index (χ0v) is 24.7. The lowest BCUT2D eigenvalue weighted by Gasteiger charge is -2.37. The Morgan fingerprint density at radius 3 is 1.75 bits per heavy atom. The summed E-state index contributed by atoms with van der Waals surface area (Å²) in [4.78, 5) is 73.3. The van der Waals surface area contributed by atoms with E-state index in [0.717, 1.165) is 21.8 Å². The van der Waals surface area contributed by atoms with Gasteiger partial charge in [-0.3, -0.25) is 28.0 Å². The molecule has 0 aliphatic carbocycles. The molecule has 44 heavy (non-hydrogen) atoms. The summed E-state index contributed by atoms with van der Waals surface area (Å²) < 4.78 is 71.6. The number of hydrogen-bond donors (Lipinski definition) is 5. The van der Waals surface area contributed by atoms with Gasteiger partial charge < -0.3 is 77.4 Å². The van der Waals surface area contributed by atoms with Crippen LogP contribution in [0.1, 0.15) is 12.5 Å². The summed E-state index contributed by atoms with van der Waals surface area (Å²) in [7, 11) is -23.9. The number of aliphatic hydroxyl groups is 4. The van der Waals surface area contributed by atoms with Crippen LogP contribution in [0.3, 0.4) is 0 Å². The van der Waals surface area contributed by atoms with Crippen molar-refractivity contribution in [3.05, 3.63) is 18.1 Å². The summed E-state index contributed by atoms with van der Waals surface area (Å²) in [5.41, 5.74) is -0.964. The highest BCUT2D eigenvalue weighted by Crippen LogP contribution is 2.60. The Morgan fingerprint density at radius 1 is 0.727 bits per heavy atom. The molecule has 0 aromatic carbocycles. The number of nitrogens with zero attached hydrogens (tertiary/aromatic N) is 4. The van der Waals surface area contributed by atoms with Crippen LogP contribution in [0.15, 0.2) is 12.7 Å². The van der Waals surface area contributed by atoms with Crippen molar-refractivity contribution in [2.24, 2.45) is 0 Å². The molecule has 2 fully saturated rings. The molecule has 0 radical (unpaired) electrons. The van der Waals surface area contributed by atoms with E-state index in [1.54, 1.807) is 0 Å². The van der Waals surface area contributed by atoms with E-state index in [1.165, 1.54) is 0 Å². The van der Waals surface area contributed by atoms with Crippen LogP contribution in [-0.2, 0) is 45.4 Å². The van der Waals surface area contributed by atoms with E-state index in [2.05, 4.69) is 27.6 Å². The first kappa shape index (κ1) is 35.5. The third-order valence-corrected chi connectivity index (χ3v) is 10.1. The van der Waals surface area contributed by atoms with E-state index < -0.39 is 99.1 Å². The molecular weight excluding hydrogens is 694 g/mol. The largest absolute Gasteiger partial charge is 0.790 e. The lowest BCUT2D eigenvalue weighted by atomic mass is 10.1. The monoisotopic (exact) mass is 713 g/mol. The molecule has 0 bridgehead atoms. The van der Waals surface area contributed by atoms with E-state index in [1.807, 2.05) is 0 Å².